The van der Waals surface area contributed by atoms with Crippen LogP contribution in [0.2, 0.25) is 0 Å². The molecule has 0 aliphatic rings. The first-order chi connectivity index (χ1) is 7.52. The van der Waals surface area contributed by atoms with E-state index in [-0.39, 0.29) is 30.8 Å². The predicted octanol–water partition coefficient (Wildman–Crippen LogP) is 0.429. The third-order valence-electron chi connectivity index (χ3n) is 2.49. The highest BCUT2D eigenvalue weighted by Gasteiger charge is 2.18. The number of carbonyl (C=O) groups is 2. The quantitative estimate of drug-likeness (QED) is 0.621. The Morgan fingerprint density at radius 1 is 1.38 bits per heavy atom. The molecule has 2 unspecified atom stereocenters. The van der Waals surface area contributed by atoms with Gasteiger partial charge in [-0.05, 0) is 12.8 Å². The summed E-state index contributed by atoms with van der Waals surface area (Å²) < 4.78 is 4.73. The summed E-state index contributed by atoms with van der Waals surface area (Å²) in [6, 6.07) is -0.507. The predicted molar refractivity (Wildman–Crippen MR) is 61.7 cm³/mol. The molecule has 2 atom stereocenters. The molecule has 5 heteroatoms. The summed E-state index contributed by atoms with van der Waals surface area (Å²) in [5.41, 5.74) is 5.72. The van der Waals surface area contributed by atoms with Gasteiger partial charge in [0.1, 0.15) is 0 Å². The zero-order chi connectivity index (χ0) is 12.6. The van der Waals surface area contributed by atoms with Gasteiger partial charge >= 0.3 is 5.97 Å². The first-order valence-corrected chi connectivity index (χ1v) is 5.71. The van der Waals surface area contributed by atoms with Gasteiger partial charge in [-0.1, -0.05) is 20.3 Å². The van der Waals surface area contributed by atoms with Crippen molar-refractivity contribution in [2.24, 2.45) is 11.7 Å². The summed E-state index contributed by atoms with van der Waals surface area (Å²) in [6.07, 6.45) is 1.04. The first-order valence-electron chi connectivity index (χ1n) is 5.71. The van der Waals surface area contributed by atoms with E-state index in [1.165, 1.54) is 0 Å². The highest BCUT2D eigenvalue weighted by molar-refractivity contribution is 5.82. The van der Waals surface area contributed by atoms with Gasteiger partial charge in [0.05, 0.1) is 19.1 Å². The Morgan fingerprint density at radius 2 is 2.00 bits per heavy atom. The summed E-state index contributed by atoms with van der Waals surface area (Å²) in [5.74, 6) is -0.374. The van der Waals surface area contributed by atoms with Gasteiger partial charge in [0, 0.05) is 6.54 Å². The van der Waals surface area contributed by atoms with E-state index in [4.69, 9.17) is 10.5 Å². The van der Waals surface area contributed by atoms with E-state index in [2.05, 4.69) is 5.32 Å². The number of nitrogens with two attached hydrogens (primary N) is 1. The average molecular weight is 230 g/mol. The van der Waals surface area contributed by atoms with Crippen LogP contribution in [-0.2, 0) is 14.3 Å². The zero-order valence-corrected chi connectivity index (χ0v) is 10.3. The van der Waals surface area contributed by atoms with Crippen LogP contribution in [0.4, 0.5) is 0 Å². The molecule has 0 fully saturated rings. The maximum Gasteiger partial charge on any atom is 0.307 e. The standard InChI is InChI=1S/C11H22N2O3/c1-4-8(3)10(12)11(15)13-7-6-9(14)16-5-2/h8,10H,4-7,12H2,1-3H3,(H,13,15). The van der Waals surface area contributed by atoms with Crippen LogP contribution in [-0.4, -0.2) is 31.1 Å². The number of amides is 1. The van der Waals surface area contributed by atoms with Gasteiger partial charge in [-0.2, -0.15) is 0 Å². The fourth-order valence-corrected chi connectivity index (χ4v) is 1.15. The lowest BCUT2D eigenvalue weighted by molar-refractivity contribution is -0.143. The second-order valence-corrected chi connectivity index (χ2v) is 3.76. The van der Waals surface area contributed by atoms with Crippen molar-refractivity contribution in [3.05, 3.63) is 0 Å². The summed E-state index contributed by atoms with van der Waals surface area (Å²) in [4.78, 5) is 22.5. The molecule has 0 aromatic rings. The Kier molecular flexibility index (Phi) is 7.54. The van der Waals surface area contributed by atoms with Crippen molar-refractivity contribution in [3.8, 4) is 0 Å². The third kappa shape index (κ3) is 5.70. The van der Waals surface area contributed by atoms with Crippen LogP contribution in [0.5, 0.6) is 0 Å². The molecule has 0 saturated carbocycles. The number of esters is 1. The molecule has 0 bridgehead atoms. The zero-order valence-electron chi connectivity index (χ0n) is 10.3. The normalized spacial score (nSPS) is 14.0. The Bertz CT molecular complexity index is 231. The lowest BCUT2D eigenvalue weighted by atomic mass is 9.99. The van der Waals surface area contributed by atoms with Gasteiger partial charge in [-0.25, -0.2) is 0 Å². The lowest BCUT2D eigenvalue weighted by Crippen LogP contribution is -2.45. The average Bonchev–Trinajstić information content (AvgIpc) is 2.27. The van der Waals surface area contributed by atoms with E-state index >= 15 is 0 Å². The summed E-state index contributed by atoms with van der Waals surface area (Å²) in [6.45, 7) is 6.29. The minimum Gasteiger partial charge on any atom is -0.466 e. The van der Waals surface area contributed by atoms with E-state index in [0.717, 1.165) is 6.42 Å². The van der Waals surface area contributed by atoms with E-state index in [1.807, 2.05) is 13.8 Å². The first kappa shape index (κ1) is 14.9. The molecule has 0 aliphatic heterocycles. The van der Waals surface area contributed by atoms with Gasteiger partial charge in [0.2, 0.25) is 5.91 Å². The van der Waals surface area contributed by atoms with E-state index < -0.39 is 6.04 Å². The molecule has 0 heterocycles. The highest BCUT2D eigenvalue weighted by atomic mass is 16.5. The van der Waals surface area contributed by atoms with Crippen LogP contribution in [0.25, 0.3) is 0 Å². The minimum absolute atomic E-state index is 0.141. The van der Waals surface area contributed by atoms with Gasteiger partial charge in [-0.3, -0.25) is 9.59 Å². The van der Waals surface area contributed by atoms with Gasteiger partial charge in [0.25, 0.3) is 0 Å². The number of hydrogen-bond donors (Lipinski definition) is 2. The highest BCUT2D eigenvalue weighted by Crippen LogP contribution is 2.04. The van der Waals surface area contributed by atoms with Crippen LogP contribution < -0.4 is 11.1 Å². The smallest absolute Gasteiger partial charge is 0.307 e. The SMILES string of the molecule is CCOC(=O)CCNC(=O)C(N)C(C)CC. The second kappa shape index (κ2) is 8.10. The summed E-state index contributed by atoms with van der Waals surface area (Å²) >= 11 is 0. The summed E-state index contributed by atoms with van der Waals surface area (Å²) in [5, 5.41) is 2.62. The molecule has 0 aromatic carbocycles. The van der Waals surface area contributed by atoms with Crippen molar-refractivity contribution in [3.63, 3.8) is 0 Å². The van der Waals surface area contributed by atoms with Gasteiger partial charge in [-0.15, -0.1) is 0 Å². The van der Waals surface area contributed by atoms with Crippen LogP contribution in [0, 0.1) is 5.92 Å². The monoisotopic (exact) mass is 230 g/mol. The third-order valence-corrected chi connectivity index (χ3v) is 2.49. The van der Waals surface area contributed by atoms with Crippen molar-refractivity contribution < 1.29 is 14.3 Å². The van der Waals surface area contributed by atoms with Crippen LogP contribution in [0.15, 0.2) is 0 Å². The van der Waals surface area contributed by atoms with Crippen molar-refractivity contribution in [2.45, 2.75) is 39.7 Å². The molecular formula is C11H22N2O3. The number of rotatable bonds is 7. The molecule has 94 valence electrons. The molecule has 0 spiro atoms. The van der Waals surface area contributed by atoms with E-state index in [1.54, 1.807) is 6.92 Å². The number of carbonyl (C=O) groups excluding carboxylic acids is 2. The molecule has 16 heavy (non-hydrogen) atoms. The fourth-order valence-electron chi connectivity index (χ4n) is 1.15. The molecular weight excluding hydrogens is 208 g/mol. The van der Waals surface area contributed by atoms with Crippen LogP contribution >= 0.6 is 0 Å². The molecule has 0 radical (unpaired) electrons. The Hall–Kier alpha value is -1.10. The largest absolute Gasteiger partial charge is 0.466 e. The van der Waals surface area contributed by atoms with E-state index in [0.29, 0.717) is 6.61 Å². The molecule has 0 aromatic heterocycles. The van der Waals surface area contributed by atoms with Crippen molar-refractivity contribution in [1.82, 2.24) is 5.32 Å². The Morgan fingerprint density at radius 3 is 2.50 bits per heavy atom. The lowest BCUT2D eigenvalue weighted by Gasteiger charge is -2.17. The van der Waals surface area contributed by atoms with Crippen LogP contribution in [0.3, 0.4) is 0 Å². The Balaban J connectivity index is 3.77. The maximum absolute atomic E-state index is 11.5. The van der Waals surface area contributed by atoms with E-state index in [9.17, 15) is 9.59 Å². The Labute approximate surface area is 96.7 Å². The van der Waals surface area contributed by atoms with Crippen LogP contribution in [0.1, 0.15) is 33.6 Å². The summed E-state index contributed by atoms with van der Waals surface area (Å²) in [7, 11) is 0. The molecule has 5 nitrogen and oxygen atoms in total. The van der Waals surface area contributed by atoms with Crippen molar-refractivity contribution in [1.29, 1.82) is 0 Å². The maximum atomic E-state index is 11.5. The second-order valence-electron chi connectivity index (χ2n) is 3.76. The molecule has 1 amide bonds. The van der Waals surface area contributed by atoms with Gasteiger partial charge in [0.15, 0.2) is 0 Å². The van der Waals surface area contributed by atoms with Crippen molar-refractivity contribution in [2.75, 3.05) is 13.2 Å². The molecule has 0 saturated heterocycles. The number of nitrogens with one attached hydrogen (secondary N) is 1. The molecule has 0 rings (SSSR count). The number of ether oxygens (including phenoxy) is 1. The van der Waals surface area contributed by atoms with Crippen molar-refractivity contribution >= 4 is 11.9 Å². The molecule has 3 N–H and O–H groups in total. The molecule has 0 aliphatic carbocycles. The topological polar surface area (TPSA) is 81.4 Å². The fraction of sp³-hybridized carbons (Fsp3) is 0.818. The van der Waals surface area contributed by atoms with Gasteiger partial charge < -0.3 is 15.8 Å². The minimum atomic E-state index is -0.507. The number of hydrogen-bond acceptors (Lipinski definition) is 4.